The average Bonchev–Trinajstić information content (AvgIpc) is 2.04. The Morgan fingerprint density at radius 2 is 1.54 bits per heavy atom. The van der Waals surface area contributed by atoms with E-state index in [4.69, 9.17) is 4.74 Å². The van der Waals surface area contributed by atoms with E-state index in [1.807, 2.05) is 13.8 Å². The SMILES string of the molecule is CCOCC.[BH3-]CN(C)[Si](C)(C)C. The van der Waals surface area contributed by atoms with Gasteiger partial charge in [0.1, 0.15) is 8.24 Å². The molecule has 82 valence electrons. The smallest absolute Gasteiger partial charge is 0.115 e. The van der Waals surface area contributed by atoms with Gasteiger partial charge in [0, 0.05) is 13.2 Å². The fourth-order valence-corrected chi connectivity index (χ4v) is 0.204. The van der Waals surface area contributed by atoms with Crippen LogP contribution in [0.15, 0.2) is 0 Å². The summed E-state index contributed by atoms with van der Waals surface area (Å²) in [5.74, 6) is 0. The molecule has 4 heteroatoms. The Morgan fingerprint density at radius 3 is 1.54 bits per heavy atom. The zero-order valence-electron chi connectivity index (χ0n) is 9.48. The highest BCUT2D eigenvalue weighted by Crippen LogP contribution is 2.03. The van der Waals surface area contributed by atoms with Crippen LogP contribution < -0.4 is 0 Å². The Kier molecular flexibility index (Phi) is 10.6. The first-order valence-electron chi connectivity index (χ1n) is 4.48. The summed E-state index contributed by atoms with van der Waals surface area (Å²) in [6.45, 7) is 12.9. The van der Waals surface area contributed by atoms with E-state index in [1.165, 1.54) is 6.44 Å². The van der Waals surface area contributed by atoms with Gasteiger partial charge < -0.3 is 9.30 Å². The minimum atomic E-state index is -0.865. The van der Waals surface area contributed by atoms with E-state index in [-0.39, 0.29) is 0 Å². The highest BCUT2D eigenvalue weighted by Gasteiger charge is 2.15. The lowest BCUT2D eigenvalue weighted by Crippen LogP contribution is -2.43. The second kappa shape index (κ2) is 8.78. The van der Waals surface area contributed by atoms with Crippen molar-refractivity contribution in [1.82, 2.24) is 4.57 Å². The second-order valence-electron chi connectivity index (χ2n) is 3.65. The molecule has 0 N–H and O–H groups in total. The number of rotatable bonds is 4. The van der Waals surface area contributed by atoms with Gasteiger partial charge in [-0.25, -0.2) is 0 Å². The maximum Gasteiger partial charge on any atom is 0.115 e. The zero-order valence-corrected chi connectivity index (χ0v) is 10.5. The van der Waals surface area contributed by atoms with Crippen LogP contribution in [0.5, 0.6) is 0 Å². The highest BCUT2D eigenvalue weighted by atomic mass is 28.3. The van der Waals surface area contributed by atoms with Crippen LogP contribution in [-0.4, -0.2) is 47.4 Å². The van der Waals surface area contributed by atoms with Gasteiger partial charge in [0.15, 0.2) is 0 Å². The summed E-state index contributed by atoms with van der Waals surface area (Å²) in [6.07, 6.45) is 1.44. The number of ether oxygens (including phenoxy) is 1. The van der Waals surface area contributed by atoms with Crippen molar-refractivity contribution in [2.24, 2.45) is 0 Å². The van der Waals surface area contributed by atoms with Gasteiger partial charge in [-0.3, -0.25) is 0 Å². The van der Waals surface area contributed by atoms with Crippen molar-refractivity contribution in [3.63, 3.8) is 0 Å². The lowest BCUT2D eigenvalue weighted by Gasteiger charge is -2.30. The molecule has 0 saturated carbocycles. The molecule has 0 rings (SSSR count). The standard InChI is InChI=1S/C5H17BNSi.C4H10O/c1-7(5-6)8(2,3)4;1-3-5-4-2/h5H2,1-4,6H3;3-4H2,1-2H3/q-1;. The first-order chi connectivity index (χ1) is 5.90. The monoisotopic (exact) mass is 204 g/mol. The van der Waals surface area contributed by atoms with E-state index in [1.54, 1.807) is 0 Å². The lowest BCUT2D eigenvalue weighted by atomic mass is 10.2. The summed E-state index contributed by atoms with van der Waals surface area (Å²) in [4.78, 5) is 0. The maximum atomic E-state index is 4.83. The molecule has 0 atom stereocenters. The van der Waals surface area contributed by atoms with Crippen molar-refractivity contribution < 1.29 is 4.74 Å². The summed E-state index contributed by atoms with van der Waals surface area (Å²) in [6, 6.07) is 0. The predicted octanol–water partition coefficient (Wildman–Crippen LogP) is 1.12. The molecule has 13 heavy (non-hydrogen) atoms. The van der Waals surface area contributed by atoms with Crippen molar-refractivity contribution in [2.45, 2.75) is 33.5 Å². The van der Waals surface area contributed by atoms with E-state index in [0.717, 1.165) is 13.2 Å². The summed E-state index contributed by atoms with van der Waals surface area (Å²) >= 11 is 0. The molecule has 0 unspecified atom stereocenters. The minimum Gasteiger partial charge on any atom is -0.382 e. The molecule has 2 nitrogen and oxygen atoms in total. The molecular formula is C9H27BNOSi-. The van der Waals surface area contributed by atoms with Crippen LogP contribution in [0.25, 0.3) is 0 Å². The molecule has 0 aromatic rings. The quantitative estimate of drug-likeness (QED) is 0.636. The molecule has 0 heterocycles. The van der Waals surface area contributed by atoms with Crippen LogP contribution in [0.1, 0.15) is 13.8 Å². The Bertz CT molecular complexity index is 104. The Morgan fingerprint density at radius 1 is 1.15 bits per heavy atom. The van der Waals surface area contributed by atoms with Gasteiger partial charge in [0.2, 0.25) is 0 Å². The fraction of sp³-hybridized carbons (Fsp3) is 1.00. The molecule has 0 aromatic carbocycles. The van der Waals surface area contributed by atoms with Crippen molar-refractivity contribution >= 4 is 16.1 Å². The summed E-state index contributed by atoms with van der Waals surface area (Å²) < 4.78 is 7.40. The van der Waals surface area contributed by atoms with Crippen molar-refractivity contribution in [1.29, 1.82) is 0 Å². The molecule has 0 saturated heterocycles. The average molecular weight is 204 g/mol. The van der Waals surface area contributed by atoms with E-state index in [0.29, 0.717) is 7.85 Å². The molecule has 0 fully saturated rings. The van der Waals surface area contributed by atoms with Crippen LogP contribution in [0.2, 0.25) is 19.6 Å². The van der Waals surface area contributed by atoms with Gasteiger partial charge in [0.25, 0.3) is 0 Å². The number of hydrogen-bond acceptors (Lipinski definition) is 2. The Labute approximate surface area is 86.2 Å². The van der Waals surface area contributed by atoms with Crippen LogP contribution in [0, 0.1) is 0 Å². The van der Waals surface area contributed by atoms with E-state index in [2.05, 4.69) is 31.3 Å². The van der Waals surface area contributed by atoms with Gasteiger partial charge in [-0.1, -0.05) is 19.6 Å². The second-order valence-corrected chi connectivity index (χ2v) is 8.76. The van der Waals surface area contributed by atoms with Crippen molar-refractivity contribution in [3.8, 4) is 0 Å². The zero-order chi connectivity index (χ0) is 10.9. The molecule has 0 amide bonds. The third-order valence-electron chi connectivity index (χ3n) is 1.55. The molecule has 0 aliphatic heterocycles. The summed E-state index contributed by atoms with van der Waals surface area (Å²) in [5, 5.41) is 0. The van der Waals surface area contributed by atoms with Gasteiger partial charge in [-0.15, -0.1) is 6.44 Å². The molecule has 0 aromatic heterocycles. The number of nitrogens with zero attached hydrogens (tertiary/aromatic N) is 1. The Hall–Kier alpha value is 0.202. The number of hydrogen-bond donors (Lipinski definition) is 0. The molecule has 0 aliphatic carbocycles. The van der Waals surface area contributed by atoms with Gasteiger partial charge in [-0.05, 0) is 28.7 Å². The topological polar surface area (TPSA) is 12.5 Å². The molecule has 0 radical (unpaired) electrons. The Balaban J connectivity index is 0. The largest absolute Gasteiger partial charge is 0.382 e. The summed E-state index contributed by atoms with van der Waals surface area (Å²) in [7, 11) is 2.00. The van der Waals surface area contributed by atoms with E-state index >= 15 is 0 Å². The molecule has 0 bridgehead atoms. The molecule has 0 spiro atoms. The van der Waals surface area contributed by atoms with Crippen LogP contribution in [-0.2, 0) is 4.74 Å². The normalized spacial score (nSPS) is 11.1. The predicted molar refractivity (Wildman–Crippen MR) is 68.1 cm³/mol. The first-order valence-corrected chi connectivity index (χ1v) is 7.93. The van der Waals surface area contributed by atoms with E-state index < -0.39 is 8.24 Å². The molecular weight excluding hydrogens is 177 g/mol. The van der Waals surface area contributed by atoms with Gasteiger partial charge in [0.05, 0.1) is 0 Å². The fourth-order valence-electron chi connectivity index (χ4n) is 0.204. The van der Waals surface area contributed by atoms with Gasteiger partial charge in [-0.2, -0.15) is 0 Å². The van der Waals surface area contributed by atoms with Crippen LogP contribution in [0.4, 0.5) is 0 Å². The molecule has 0 aliphatic rings. The minimum absolute atomic E-state index is 0.600. The third kappa shape index (κ3) is 12.2. The third-order valence-corrected chi connectivity index (χ3v) is 3.84. The van der Waals surface area contributed by atoms with Crippen LogP contribution in [0.3, 0.4) is 0 Å². The maximum absolute atomic E-state index is 4.83. The van der Waals surface area contributed by atoms with Crippen LogP contribution >= 0.6 is 0 Å². The van der Waals surface area contributed by atoms with Crippen molar-refractivity contribution in [2.75, 3.05) is 26.7 Å². The van der Waals surface area contributed by atoms with Gasteiger partial charge >= 0.3 is 0 Å². The summed E-state index contributed by atoms with van der Waals surface area (Å²) in [5.41, 5.74) is 0. The first kappa shape index (κ1) is 15.7. The van der Waals surface area contributed by atoms with Crippen molar-refractivity contribution in [3.05, 3.63) is 0 Å². The highest BCUT2D eigenvalue weighted by molar-refractivity contribution is 6.73. The lowest BCUT2D eigenvalue weighted by molar-refractivity contribution is 0.162. The van der Waals surface area contributed by atoms with E-state index in [9.17, 15) is 0 Å².